The molecular weight excluding hydrogens is 728 g/mol. The van der Waals surface area contributed by atoms with Crippen molar-refractivity contribution in [3.8, 4) is 22.5 Å². The van der Waals surface area contributed by atoms with Gasteiger partial charge in [0.1, 0.15) is 11.6 Å². The van der Waals surface area contributed by atoms with E-state index in [1.165, 1.54) is 23.9 Å². The van der Waals surface area contributed by atoms with E-state index in [1.54, 1.807) is 18.2 Å². The Hall–Kier alpha value is -5.61. The molecule has 0 saturated carbocycles. The molecule has 4 heterocycles. The van der Waals surface area contributed by atoms with E-state index in [2.05, 4.69) is 51.3 Å². The third-order valence-corrected chi connectivity index (χ3v) is 10.8. The van der Waals surface area contributed by atoms with Crippen LogP contribution < -0.4 is 15.1 Å². The molecule has 2 fully saturated rings. The maximum absolute atomic E-state index is 14.2. The lowest BCUT2D eigenvalue weighted by molar-refractivity contribution is 0.122. The molecule has 2 aromatic heterocycles. The molecule has 0 spiro atoms. The number of ether oxygens (including phenoxy) is 2. The van der Waals surface area contributed by atoms with Crippen molar-refractivity contribution >= 4 is 56.2 Å². The van der Waals surface area contributed by atoms with E-state index in [4.69, 9.17) is 26.1 Å². The molecule has 0 atom stereocenters. The van der Waals surface area contributed by atoms with Gasteiger partial charge in [-0.05, 0) is 79.6 Å². The van der Waals surface area contributed by atoms with E-state index in [-0.39, 0.29) is 11.6 Å². The molecule has 1 N–H and O–H groups in total. The number of halogens is 3. The molecule has 7 nitrogen and oxygen atoms in total. The van der Waals surface area contributed by atoms with Gasteiger partial charge in [-0.25, -0.2) is 18.7 Å². The molecule has 10 heteroatoms. The summed E-state index contributed by atoms with van der Waals surface area (Å²) in [5.74, 6) is -0.544. The van der Waals surface area contributed by atoms with Gasteiger partial charge in [0.25, 0.3) is 0 Å². The number of fused-ring (bicyclic) bond motifs is 2. The van der Waals surface area contributed by atoms with Gasteiger partial charge in [-0.15, -0.1) is 0 Å². The van der Waals surface area contributed by atoms with Crippen molar-refractivity contribution in [3.05, 3.63) is 143 Å². The minimum absolute atomic E-state index is 0.269. The molecule has 0 aliphatic carbocycles. The summed E-state index contributed by atoms with van der Waals surface area (Å²) in [6.07, 6.45) is 0. The molecule has 284 valence electrons. The van der Waals surface area contributed by atoms with E-state index in [0.717, 1.165) is 112 Å². The summed E-state index contributed by atoms with van der Waals surface area (Å²) < 4.78 is 38.7. The summed E-state index contributed by atoms with van der Waals surface area (Å²) >= 11 is 6.39. The van der Waals surface area contributed by atoms with Crippen LogP contribution in [0.5, 0.6) is 0 Å². The smallest absolute Gasteiger partial charge is 0.123 e. The van der Waals surface area contributed by atoms with Gasteiger partial charge in [-0.1, -0.05) is 72.3 Å². The Kier molecular flexibility index (Phi) is 11.1. The summed E-state index contributed by atoms with van der Waals surface area (Å²) in [4.78, 5) is 14.3. The zero-order chi connectivity index (χ0) is 38.6. The van der Waals surface area contributed by atoms with Crippen LogP contribution in [0.4, 0.5) is 31.5 Å². The van der Waals surface area contributed by atoms with Crippen LogP contribution in [0.1, 0.15) is 11.1 Å². The predicted molar refractivity (Wildman–Crippen MR) is 225 cm³/mol. The van der Waals surface area contributed by atoms with Crippen molar-refractivity contribution in [2.45, 2.75) is 13.8 Å². The van der Waals surface area contributed by atoms with E-state index in [1.807, 2.05) is 61.5 Å². The fourth-order valence-corrected chi connectivity index (χ4v) is 7.68. The lowest BCUT2D eigenvalue weighted by atomic mass is 10.0. The molecule has 2 saturated heterocycles. The highest BCUT2D eigenvalue weighted by atomic mass is 35.5. The number of anilines is 4. The number of para-hydroxylation sites is 2. The van der Waals surface area contributed by atoms with E-state index in [0.29, 0.717) is 18.2 Å². The monoisotopic (exact) mass is 769 g/mol. The first-order valence-electron chi connectivity index (χ1n) is 18.9. The number of nitrogens with one attached hydrogen (secondary N) is 1. The maximum atomic E-state index is 14.2. The van der Waals surface area contributed by atoms with E-state index in [9.17, 15) is 8.78 Å². The van der Waals surface area contributed by atoms with Crippen LogP contribution in [0.15, 0.2) is 115 Å². The van der Waals surface area contributed by atoms with Crippen molar-refractivity contribution in [1.82, 2.24) is 9.97 Å². The van der Waals surface area contributed by atoms with Gasteiger partial charge in [0.15, 0.2) is 0 Å². The van der Waals surface area contributed by atoms with Gasteiger partial charge in [0.05, 0.1) is 70.9 Å². The minimum atomic E-state index is -0.275. The van der Waals surface area contributed by atoms with Crippen LogP contribution in [0, 0.1) is 25.5 Å². The van der Waals surface area contributed by atoms with Crippen LogP contribution in [0.2, 0.25) is 5.02 Å². The molecule has 2 aliphatic heterocycles. The molecule has 2 aliphatic rings. The zero-order valence-corrected chi connectivity index (χ0v) is 32.1. The normalized spacial score (nSPS) is 14.4. The first-order chi connectivity index (χ1) is 27.3. The second-order valence-electron chi connectivity index (χ2n) is 13.9. The predicted octanol–water partition coefficient (Wildman–Crippen LogP) is 10.8. The Morgan fingerprint density at radius 3 is 1.73 bits per heavy atom. The first-order valence-corrected chi connectivity index (χ1v) is 19.2. The Balaban J connectivity index is 0.000000194. The van der Waals surface area contributed by atoms with Crippen molar-refractivity contribution < 1.29 is 18.3 Å². The Labute approximate surface area is 330 Å². The summed E-state index contributed by atoms with van der Waals surface area (Å²) in [7, 11) is 0. The third kappa shape index (κ3) is 7.89. The average molecular weight is 770 g/mol. The highest BCUT2D eigenvalue weighted by Gasteiger charge is 2.21. The summed E-state index contributed by atoms with van der Waals surface area (Å²) in [6.45, 7) is 10.3. The van der Waals surface area contributed by atoms with E-state index >= 15 is 0 Å². The third-order valence-electron chi connectivity index (χ3n) is 10.4. The van der Waals surface area contributed by atoms with Gasteiger partial charge in [0, 0.05) is 53.8 Å². The highest BCUT2D eigenvalue weighted by molar-refractivity contribution is 6.36. The standard InChI is InChI=1S/C30H31FN4O2.C16H11ClFN/c1-21-29(22-5-4-6-23(31)19-22)32-26-8-3-2-7-25(26)30(21)33-27-20-24(34-11-15-36-16-12-34)9-10-28(27)35-13-17-37-18-14-35;1-10-15(17)13-7-2-3-8-14(13)19-16(10)11-5-4-6-12(18)9-11/h2-10,19-20H,11-18H2,1H3,(H,32,33);2-9H,1H3. The topological polar surface area (TPSA) is 62.8 Å². The molecule has 9 rings (SSSR count). The number of pyridine rings is 2. The summed E-state index contributed by atoms with van der Waals surface area (Å²) in [6, 6.07) is 35.5. The number of hydrogen-bond donors (Lipinski definition) is 1. The van der Waals surface area contributed by atoms with Crippen LogP contribution in [-0.4, -0.2) is 62.6 Å². The lowest BCUT2D eigenvalue weighted by Crippen LogP contribution is -2.37. The maximum Gasteiger partial charge on any atom is 0.123 e. The van der Waals surface area contributed by atoms with Crippen LogP contribution in [-0.2, 0) is 9.47 Å². The molecule has 56 heavy (non-hydrogen) atoms. The van der Waals surface area contributed by atoms with Gasteiger partial charge >= 0.3 is 0 Å². The number of morpholine rings is 2. The Morgan fingerprint density at radius 1 is 0.589 bits per heavy atom. The van der Waals surface area contributed by atoms with Crippen LogP contribution in [0.3, 0.4) is 0 Å². The zero-order valence-electron chi connectivity index (χ0n) is 31.4. The number of hydrogen-bond acceptors (Lipinski definition) is 7. The fraction of sp³-hybridized carbons (Fsp3) is 0.217. The minimum Gasteiger partial charge on any atom is -0.378 e. The second-order valence-corrected chi connectivity index (χ2v) is 14.3. The Bertz CT molecular complexity index is 2520. The van der Waals surface area contributed by atoms with Gasteiger partial charge in [-0.3, -0.25) is 0 Å². The quantitative estimate of drug-likeness (QED) is 0.181. The fourth-order valence-electron chi connectivity index (χ4n) is 7.43. The molecule has 0 radical (unpaired) electrons. The molecule has 0 unspecified atom stereocenters. The van der Waals surface area contributed by atoms with Gasteiger partial charge in [-0.2, -0.15) is 0 Å². The van der Waals surface area contributed by atoms with Crippen molar-refractivity contribution in [2.75, 3.05) is 67.7 Å². The molecule has 5 aromatic carbocycles. The summed E-state index contributed by atoms with van der Waals surface area (Å²) in [5, 5.41) is 6.43. The molecule has 0 amide bonds. The van der Waals surface area contributed by atoms with Crippen LogP contribution >= 0.6 is 11.6 Å². The molecule has 7 aromatic rings. The summed E-state index contributed by atoms with van der Waals surface area (Å²) in [5.41, 5.74) is 10.9. The average Bonchev–Trinajstić information content (AvgIpc) is 3.24. The highest BCUT2D eigenvalue weighted by Crippen LogP contribution is 2.40. The number of aromatic nitrogens is 2. The van der Waals surface area contributed by atoms with Crippen molar-refractivity contribution in [2.24, 2.45) is 0 Å². The Morgan fingerprint density at radius 2 is 1.12 bits per heavy atom. The molecular formula is C46H42ClF2N5O2. The lowest BCUT2D eigenvalue weighted by Gasteiger charge is -2.33. The number of benzene rings is 5. The van der Waals surface area contributed by atoms with Crippen molar-refractivity contribution in [3.63, 3.8) is 0 Å². The van der Waals surface area contributed by atoms with Crippen LogP contribution in [0.25, 0.3) is 44.3 Å². The second kappa shape index (κ2) is 16.6. The van der Waals surface area contributed by atoms with Gasteiger partial charge in [0.2, 0.25) is 0 Å². The largest absolute Gasteiger partial charge is 0.378 e. The number of nitrogens with zero attached hydrogens (tertiary/aromatic N) is 4. The van der Waals surface area contributed by atoms with E-state index < -0.39 is 0 Å². The number of rotatable bonds is 6. The van der Waals surface area contributed by atoms with Crippen molar-refractivity contribution in [1.29, 1.82) is 0 Å². The SMILES string of the molecule is Cc1c(-c2cccc(F)c2)nc2ccccc2c1Cl.Cc1c(-c2cccc(F)c2)nc2ccccc2c1Nc1cc(N2CCOCC2)ccc1N1CCOCC1. The van der Waals surface area contributed by atoms with Gasteiger partial charge < -0.3 is 24.6 Å². The first kappa shape index (κ1) is 37.3. The molecule has 0 bridgehead atoms.